The van der Waals surface area contributed by atoms with E-state index in [2.05, 4.69) is 13.0 Å². The SMILES string of the molecule is CC[N+]1(C2CCN(c3c(C)cc(C#N)cc3C)C2=O)CCCCC1. The molecule has 0 saturated carbocycles. The summed E-state index contributed by atoms with van der Waals surface area (Å²) >= 11 is 0. The minimum atomic E-state index is 0.116. The second-order valence-corrected chi connectivity index (χ2v) is 7.41. The van der Waals surface area contributed by atoms with E-state index in [9.17, 15) is 4.79 Å². The number of hydrogen-bond donors (Lipinski definition) is 0. The van der Waals surface area contributed by atoms with Crippen molar-refractivity contribution in [1.82, 2.24) is 0 Å². The summed E-state index contributed by atoms with van der Waals surface area (Å²) in [5.41, 5.74) is 3.75. The van der Waals surface area contributed by atoms with Crippen molar-refractivity contribution in [2.45, 2.75) is 52.5 Å². The van der Waals surface area contributed by atoms with E-state index < -0.39 is 0 Å². The fourth-order valence-electron chi connectivity index (χ4n) is 4.83. The van der Waals surface area contributed by atoms with Crippen molar-refractivity contribution in [2.24, 2.45) is 0 Å². The van der Waals surface area contributed by atoms with Gasteiger partial charge in [-0.1, -0.05) is 0 Å². The Morgan fingerprint density at radius 2 is 1.83 bits per heavy atom. The fourth-order valence-corrected chi connectivity index (χ4v) is 4.83. The minimum absolute atomic E-state index is 0.116. The molecule has 1 atom stereocenters. The molecule has 2 aliphatic rings. The first-order valence-electron chi connectivity index (χ1n) is 9.21. The highest BCUT2D eigenvalue weighted by Crippen LogP contribution is 2.35. The lowest BCUT2D eigenvalue weighted by atomic mass is 10.0. The molecule has 0 spiro atoms. The number of piperidine rings is 1. The smallest absolute Gasteiger partial charge is 0.285 e. The zero-order chi connectivity index (χ0) is 17.3. The first-order valence-corrected chi connectivity index (χ1v) is 9.21. The summed E-state index contributed by atoms with van der Waals surface area (Å²) in [7, 11) is 0. The Morgan fingerprint density at radius 1 is 1.21 bits per heavy atom. The van der Waals surface area contributed by atoms with Crippen LogP contribution in [-0.2, 0) is 4.79 Å². The van der Waals surface area contributed by atoms with Crippen LogP contribution < -0.4 is 4.90 Å². The van der Waals surface area contributed by atoms with Gasteiger partial charge in [0, 0.05) is 18.7 Å². The van der Waals surface area contributed by atoms with Crippen LogP contribution in [0.4, 0.5) is 5.69 Å². The molecular formula is C20H28N3O+. The molecule has 2 heterocycles. The van der Waals surface area contributed by atoms with Crippen molar-refractivity contribution >= 4 is 11.6 Å². The molecule has 1 unspecified atom stereocenters. The molecule has 0 aliphatic carbocycles. The first-order chi connectivity index (χ1) is 11.5. The lowest BCUT2D eigenvalue weighted by Gasteiger charge is -2.44. The zero-order valence-electron chi connectivity index (χ0n) is 15.1. The van der Waals surface area contributed by atoms with Crippen LogP contribution in [0.1, 0.15) is 49.3 Å². The number of nitriles is 1. The van der Waals surface area contributed by atoms with Gasteiger partial charge in [-0.15, -0.1) is 0 Å². The second-order valence-electron chi connectivity index (χ2n) is 7.41. The number of likely N-dealkylation sites (tertiary alicyclic amines) is 1. The predicted molar refractivity (Wildman–Crippen MR) is 95.8 cm³/mol. The molecule has 128 valence electrons. The van der Waals surface area contributed by atoms with Crippen LogP contribution in [0, 0.1) is 25.2 Å². The van der Waals surface area contributed by atoms with E-state index in [1.165, 1.54) is 19.3 Å². The van der Waals surface area contributed by atoms with Gasteiger partial charge < -0.3 is 9.38 Å². The van der Waals surface area contributed by atoms with Crippen LogP contribution in [0.5, 0.6) is 0 Å². The van der Waals surface area contributed by atoms with E-state index in [1.807, 2.05) is 30.9 Å². The summed E-state index contributed by atoms with van der Waals surface area (Å²) in [6, 6.07) is 6.12. The van der Waals surface area contributed by atoms with E-state index in [1.54, 1.807) is 0 Å². The van der Waals surface area contributed by atoms with Crippen LogP contribution in [0.25, 0.3) is 0 Å². The van der Waals surface area contributed by atoms with E-state index in [0.717, 1.165) is 53.9 Å². The molecule has 3 rings (SSSR count). The van der Waals surface area contributed by atoms with E-state index >= 15 is 0 Å². The van der Waals surface area contributed by atoms with Gasteiger partial charge in [0.2, 0.25) is 0 Å². The van der Waals surface area contributed by atoms with Gasteiger partial charge in [0.05, 0.1) is 31.3 Å². The number of hydrogen-bond acceptors (Lipinski definition) is 2. The van der Waals surface area contributed by atoms with Crippen molar-refractivity contribution in [1.29, 1.82) is 5.26 Å². The van der Waals surface area contributed by atoms with Gasteiger partial charge in [0.1, 0.15) is 0 Å². The van der Waals surface area contributed by atoms with Crippen molar-refractivity contribution in [3.05, 3.63) is 28.8 Å². The Kier molecular flexibility index (Phi) is 4.64. The second kappa shape index (κ2) is 6.57. The minimum Gasteiger partial charge on any atom is -0.314 e. The lowest BCUT2D eigenvalue weighted by Crippen LogP contribution is -2.60. The maximum absolute atomic E-state index is 13.3. The van der Waals surface area contributed by atoms with E-state index in [-0.39, 0.29) is 11.9 Å². The third-order valence-corrected chi connectivity index (χ3v) is 6.07. The molecule has 24 heavy (non-hydrogen) atoms. The Labute approximate surface area is 145 Å². The van der Waals surface area contributed by atoms with Gasteiger partial charge in [-0.2, -0.15) is 5.26 Å². The lowest BCUT2D eigenvalue weighted by molar-refractivity contribution is -0.944. The summed E-state index contributed by atoms with van der Waals surface area (Å²) in [5, 5.41) is 9.14. The third kappa shape index (κ3) is 2.71. The number of nitrogens with zero attached hydrogens (tertiary/aromatic N) is 3. The summed E-state index contributed by atoms with van der Waals surface area (Å²) in [6.45, 7) is 10.4. The molecule has 0 N–H and O–H groups in total. The number of carbonyl (C=O) groups excluding carboxylic acids is 1. The topological polar surface area (TPSA) is 44.1 Å². The van der Waals surface area contributed by atoms with Crippen molar-refractivity contribution in [3.63, 3.8) is 0 Å². The molecule has 0 radical (unpaired) electrons. The quantitative estimate of drug-likeness (QED) is 0.800. The zero-order valence-corrected chi connectivity index (χ0v) is 15.1. The predicted octanol–water partition coefficient (Wildman–Crippen LogP) is 3.30. The number of amides is 1. The highest BCUT2D eigenvalue weighted by molar-refractivity contribution is 6.00. The van der Waals surface area contributed by atoms with Crippen LogP contribution in [0.2, 0.25) is 0 Å². The maximum Gasteiger partial charge on any atom is 0.285 e. The molecule has 2 aliphatic heterocycles. The Morgan fingerprint density at radius 3 is 2.38 bits per heavy atom. The first kappa shape index (κ1) is 17.0. The number of quaternary nitrogens is 1. The molecule has 2 saturated heterocycles. The number of anilines is 1. The largest absolute Gasteiger partial charge is 0.314 e. The Balaban J connectivity index is 1.91. The Bertz CT molecular complexity index is 660. The molecular weight excluding hydrogens is 298 g/mol. The van der Waals surface area contributed by atoms with E-state index in [4.69, 9.17) is 5.26 Å². The van der Waals surface area contributed by atoms with Gasteiger partial charge in [-0.05, 0) is 63.3 Å². The van der Waals surface area contributed by atoms with Crippen molar-refractivity contribution in [3.8, 4) is 6.07 Å². The van der Waals surface area contributed by atoms with E-state index in [0.29, 0.717) is 5.56 Å². The summed E-state index contributed by atoms with van der Waals surface area (Å²) in [5.74, 6) is 0.287. The van der Waals surface area contributed by atoms with Gasteiger partial charge in [-0.3, -0.25) is 4.79 Å². The van der Waals surface area contributed by atoms with Crippen LogP contribution in [0.15, 0.2) is 12.1 Å². The molecule has 4 nitrogen and oxygen atoms in total. The van der Waals surface area contributed by atoms with Crippen molar-refractivity contribution in [2.75, 3.05) is 31.1 Å². The molecule has 4 heteroatoms. The number of carbonyl (C=O) groups is 1. The molecule has 1 amide bonds. The molecule has 0 aromatic heterocycles. The average Bonchev–Trinajstić information content (AvgIpc) is 2.97. The molecule has 1 aromatic rings. The standard InChI is InChI=1S/C20H28N3O/c1-4-23(10-6-5-7-11-23)18-8-9-22(20(18)24)19-15(2)12-17(14-21)13-16(19)3/h12-13,18H,4-11H2,1-3H3/q+1. The Hall–Kier alpha value is -1.86. The fraction of sp³-hybridized carbons (Fsp3) is 0.600. The van der Waals surface area contributed by atoms with Gasteiger partial charge >= 0.3 is 0 Å². The van der Waals surface area contributed by atoms with Crippen LogP contribution >= 0.6 is 0 Å². The average molecular weight is 326 g/mol. The summed E-state index contributed by atoms with van der Waals surface area (Å²) < 4.78 is 0.976. The van der Waals surface area contributed by atoms with Crippen LogP contribution in [0.3, 0.4) is 0 Å². The summed E-state index contributed by atoms with van der Waals surface area (Å²) in [6.07, 6.45) is 4.74. The highest BCUT2D eigenvalue weighted by atomic mass is 16.2. The van der Waals surface area contributed by atoms with Gasteiger partial charge in [0.25, 0.3) is 5.91 Å². The summed E-state index contributed by atoms with van der Waals surface area (Å²) in [4.78, 5) is 15.3. The maximum atomic E-state index is 13.3. The van der Waals surface area contributed by atoms with Crippen molar-refractivity contribution < 1.29 is 9.28 Å². The van der Waals surface area contributed by atoms with Gasteiger partial charge in [0.15, 0.2) is 6.04 Å². The van der Waals surface area contributed by atoms with Crippen LogP contribution in [-0.4, -0.2) is 42.6 Å². The molecule has 0 bridgehead atoms. The normalized spacial score (nSPS) is 23.3. The third-order valence-electron chi connectivity index (χ3n) is 6.07. The molecule has 1 aromatic carbocycles. The molecule has 2 fully saturated rings. The van der Waals surface area contributed by atoms with Gasteiger partial charge in [-0.25, -0.2) is 0 Å². The number of aryl methyl sites for hydroxylation is 2. The number of likely N-dealkylation sites (N-methyl/N-ethyl adjacent to an activating group) is 1. The highest BCUT2D eigenvalue weighted by Gasteiger charge is 2.47. The number of benzene rings is 1. The monoisotopic (exact) mass is 326 g/mol. The number of rotatable bonds is 3.